The molecule has 0 radical (unpaired) electrons. The highest BCUT2D eigenvalue weighted by atomic mass is 32.2. The number of para-hydroxylation sites is 2. The number of esters is 1. The summed E-state index contributed by atoms with van der Waals surface area (Å²) in [7, 11) is -2.36. The van der Waals surface area contributed by atoms with E-state index in [1.54, 1.807) is 62.4 Å². The molecule has 9 nitrogen and oxygen atoms in total. The quantitative estimate of drug-likeness (QED) is 0.233. The largest absolute Gasteiger partial charge is 0.459 e. The van der Waals surface area contributed by atoms with Gasteiger partial charge in [-0.25, -0.2) is 23.2 Å². The Morgan fingerprint density at radius 2 is 1.78 bits per heavy atom. The number of carbonyl (C=O) groups excluding carboxylic acids is 1. The monoisotopic (exact) mass is 526 g/mol. The number of nitrogens with zero attached hydrogens (tertiary/aromatic N) is 3. The van der Waals surface area contributed by atoms with E-state index in [2.05, 4.69) is 15.3 Å². The maximum atomic E-state index is 13.7. The zero-order valence-corrected chi connectivity index (χ0v) is 21.7. The number of rotatable bonds is 10. The van der Waals surface area contributed by atoms with E-state index >= 15 is 0 Å². The first-order chi connectivity index (χ1) is 17.4. The number of hydrogen-bond donors (Lipinski definition) is 1. The van der Waals surface area contributed by atoms with Crippen molar-refractivity contribution in [2.45, 2.75) is 18.7 Å². The van der Waals surface area contributed by atoms with Crippen molar-refractivity contribution in [1.82, 2.24) is 9.97 Å². The molecule has 36 heavy (non-hydrogen) atoms. The lowest BCUT2D eigenvalue weighted by molar-refractivity contribution is 0.0393. The molecule has 0 spiro atoms. The van der Waals surface area contributed by atoms with Gasteiger partial charge in [0.05, 0.1) is 23.4 Å². The lowest BCUT2D eigenvalue weighted by Crippen LogP contribution is -2.31. The topological polar surface area (TPSA) is 111 Å². The zero-order valence-electron chi connectivity index (χ0n) is 20.1. The SMILES string of the molecule is CCN(c1ccccc1)S(=O)(=O)c1ccccc1Nc1ncnc2sc(C(=O)OCCOC)c(C)c12. The fraction of sp³-hybridized carbons (Fsp3) is 0.240. The van der Waals surface area contributed by atoms with Gasteiger partial charge in [0.2, 0.25) is 0 Å². The molecule has 4 aromatic rings. The molecule has 2 heterocycles. The Kier molecular flexibility index (Phi) is 7.82. The van der Waals surface area contributed by atoms with Gasteiger partial charge in [-0.15, -0.1) is 11.3 Å². The van der Waals surface area contributed by atoms with Crippen LogP contribution in [0.2, 0.25) is 0 Å². The number of ether oxygens (including phenoxy) is 2. The number of fused-ring (bicyclic) bond motifs is 1. The number of aryl methyl sites for hydroxylation is 1. The van der Waals surface area contributed by atoms with E-state index in [0.29, 0.717) is 44.5 Å². The molecule has 0 atom stereocenters. The molecule has 1 N–H and O–H groups in total. The Hall–Kier alpha value is -3.54. The fourth-order valence-electron chi connectivity index (χ4n) is 3.77. The van der Waals surface area contributed by atoms with E-state index in [1.165, 1.54) is 29.1 Å². The molecule has 0 saturated heterocycles. The van der Waals surface area contributed by atoms with Gasteiger partial charge in [-0.1, -0.05) is 30.3 Å². The Morgan fingerprint density at radius 1 is 1.06 bits per heavy atom. The van der Waals surface area contributed by atoms with Crippen molar-refractivity contribution in [1.29, 1.82) is 0 Å². The number of aromatic nitrogens is 2. The summed E-state index contributed by atoms with van der Waals surface area (Å²) in [6.45, 7) is 4.27. The highest BCUT2D eigenvalue weighted by molar-refractivity contribution is 7.93. The number of sulfonamides is 1. The third-order valence-electron chi connectivity index (χ3n) is 5.47. The minimum atomic E-state index is -3.90. The van der Waals surface area contributed by atoms with E-state index in [4.69, 9.17) is 9.47 Å². The number of carbonyl (C=O) groups is 1. The third-order valence-corrected chi connectivity index (χ3v) is 8.61. The van der Waals surface area contributed by atoms with Crippen molar-refractivity contribution in [3.05, 3.63) is 71.4 Å². The van der Waals surface area contributed by atoms with E-state index in [0.717, 1.165) is 0 Å². The Bertz CT molecular complexity index is 1470. The average molecular weight is 527 g/mol. The van der Waals surface area contributed by atoms with Crippen molar-refractivity contribution < 1.29 is 22.7 Å². The van der Waals surface area contributed by atoms with E-state index in [-0.39, 0.29) is 18.0 Å². The van der Waals surface area contributed by atoms with Crippen LogP contribution in [-0.2, 0) is 19.5 Å². The maximum absolute atomic E-state index is 13.7. The number of hydrogen-bond acceptors (Lipinski definition) is 9. The number of thiophene rings is 1. The number of methoxy groups -OCH3 is 1. The maximum Gasteiger partial charge on any atom is 0.348 e. The van der Waals surface area contributed by atoms with Crippen LogP contribution in [-0.4, -0.2) is 51.2 Å². The summed E-state index contributed by atoms with van der Waals surface area (Å²) in [5, 5.41) is 3.80. The number of anilines is 3. The molecule has 2 aromatic heterocycles. The predicted molar refractivity (Wildman–Crippen MR) is 141 cm³/mol. The third kappa shape index (κ3) is 5.03. The van der Waals surface area contributed by atoms with Crippen LogP contribution in [0.5, 0.6) is 0 Å². The molecule has 11 heteroatoms. The summed E-state index contributed by atoms with van der Waals surface area (Å²) in [5.41, 5.74) is 1.59. The normalized spacial score (nSPS) is 11.4. The van der Waals surface area contributed by atoms with Crippen molar-refractivity contribution in [3.63, 3.8) is 0 Å². The van der Waals surface area contributed by atoms with Gasteiger partial charge in [-0.2, -0.15) is 0 Å². The molecular weight excluding hydrogens is 500 g/mol. The van der Waals surface area contributed by atoms with Gasteiger partial charge in [-0.3, -0.25) is 4.31 Å². The van der Waals surface area contributed by atoms with Gasteiger partial charge >= 0.3 is 5.97 Å². The molecule has 0 unspecified atom stereocenters. The fourth-order valence-corrected chi connectivity index (χ4v) is 6.44. The second-order valence-electron chi connectivity index (χ2n) is 7.71. The summed E-state index contributed by atoms with van der Waals surface area (Å²) in [5.74, 6) is -0.0713. The van der Waals surface area contributed by atoms with Gasteiger partial charge in [0, 0.05) is 13.7 Å². The standard InChI is InChI=1S/C25H26N4O5S2/c1-4-29(18-10-6-5-7-11-18)36(31,32)20-13-9-8-12-19(20)28-23-21-17(2)22(25(30)34-15-14-33-3)35-24(21)27-16-26-23/h5-13,16H,4,14-15H2,1-3H3,(H,26,27,28). The molecule has 0 bridgehead atoms. The minimum absolute atomic E-state index is 0.106. The lowest BCUT2D eigenvalue weighted by atomic mass is 10.2. The highest BCUT2D eigenvalue weighted by Crippen LogP contribution is 2.36. The first-order valence-corrected chi connectivity index (χ1v) is 13.5. The van der Waals surface area contributed by atoms with E-state index in [1.807, 2.05) is 6.07 Å². The highest BCUT2D eigenvalue weighted by Gasteiger charge is 2.27. The second kappa shape index (κ2) is 11.0. The average Bonchev–Trinajstić information content (AvgIpc) is 3.23. The van der Waals surface area contributed by atoms with Crippen molar-refractivity contribution >= 4 is 54.7 Å². The molecule has 0 saturated carbocycles. The molecule has 4 rings (SSSR count). The first kappa shape index (κ1) is 25.5. The van der Waals surface area contributed by atoms with Crippen molar-refractivity contribution in [2.75, 3.05) is 36.5 Å². The van der Waals surface area contributed by atoms with Gasteiger partial charge in [0.1, 0.15) is 33.4 Å². The van der Waals surface area contributed by atoms with Gasteiger partial charge < -0.3 is 14.8 Å². The van der Waals surface area contributed by atoms with Gasteiger partial charge in [0.25, 0.3) is 10.0 Å². The van der Waals surface area contributed by atoms with Gasteiger partial charge in [-0.05, 0) is 43.7 Å². The summed E-state index contributed by atoms with van der Waals surface area (Å²) in [4.78, 5) is 22.4. The lowest BCUT2D eigenvalue weighted by Gasteiger charge is -2.24. The Labute approximate surface area is 213 Å². The number of nitrogens with one attached hydrogen (secondary N) is 1. The van der Waals surface area contributed by atoms with E-state index in [9.17, 15) is 13.2 Å². The minimum Gasteiger partial charge on any atom is -0.459 e. The molecule has 2 aromatic carbocycles. The van der Waals surface area contributed by atoms with Crippen LogP contribution < -0.4 is 9.62 Å². The second-order valence-corrected chi connectivity index (χ2v) is 10.5. The van der Waals surface area contributed by atoms with Crippen LogP contribution in [0.1, 0.15) is 22.2 Å². The van der Waals surface area contributed by atoms with Crippen LogP contribution >= 0.6 is 11.3 Å². The first-order valence-electron chi connectivity index (χ1n) is 11.2. The summed E-state index contributed by atoms with van der Waals surface area (Å²) in [6.07, 6.45) is 1.38. The van der Waals surface area contributed by atoms with E-state index < -0.39 is 16.0 Å². The Morgan fingerprint density at radius 3 is 2.50 bits per heavy atom. The van der Waals surface area contributed by atoms with Gasteiger partial charge in [0.15, 0.2) is 0 Å². The molecule has 0 aliphatic rings. The van der Waals surface area contributed by atoms with Crippen LogP contribution in [0, 0.1) is 6.92 Å². The summed E-state index contributed by atoms with van der Waals surface area (Å²) in [6, 6.07) is 15.6. The van der Waals surface area contributed by atoms with Crippen LogP contribution in [0.3, 0.4) is 0 Å². The molecule has 0 amide bonds. The zero-order chi connectivity index (χ0) is 25.7. The van der Waals surface area contributed by atoms with Crippen molar-refractivity contribution in [3.8, 4) is 0 Å². The molecule has 0 aliphatic carbocycles. The van der Waals surface area contributed by atoms with Crippen LogP contribution in [0.4, 0.5) is 17.2 Å². The van der Waals surface area contributed by atoms with Crippen LogP contribution in [0.25, 0.3) is 10.2 Å². The summed E-state index contributed by atoms with van der Waals surface area (Å²) < 4.78 is 39.0. The predicted octanol–water partition coefficient (Wildman–Crippen LogP) is 4.76. The Balaban J connectivity index is 1.73. The molecule has 188 valence electrons. The van der Waals surface area contributed by atoms with Crippen LogP contribution in [0.15, 0.2) is 65.8 Å². The molecule has 0 fully saturated rings. The molecule has 0 aliphatic heterocycles. The summed E-state index contributed by atoms with van der Waals surface area (Å²) >= 11 is 1.20. The van der Waals surface area contributed by atoms with Crippen molar-refractivity contribution in [2.24, 2.45) is 0 Å². The molecular formula is C25H26N4O5S2. The smallest absolute Gasteiger partial charge is 0.348 e. The number of benzene rings is 2.